The normalized spacial score (nSPS) is 10.3. The largest absolute Gasteiger partial charge is 0.351 e. The van der Waals surface area contributed by atoms with E-state index in [2.05, 4.69) is 32.7 Å². The van der Waals surface area contributed by atoms with E-state index >= 15 is 0 Å². The number of hydrogen-bond acceptors (Lipinski definition) is 5. The first kappa shape index (κ1) is 17.8. The van der Waals surface area contributed by atoms with Crippen LogP contribution in [0.15, 0.2) is 60.4 Å². The lowest BCUT2D eigenvalue weighted by Crippen LogP contribution is -2.25. The highest BCUT2D eigenvalue weighted by molar-refractivity contribution is 7.12. The number of carbonyl (C=O) groups excluding carboxylic acids is 2. The van der Waals surface area contributed by atoms with Crippen molar-refractivity contribution in [1.82, 2.24) is 15.3 Å². The van der Waals surface area contributed by atoms with Crippen LogP contribution in [0, 0.1) is 0 Å². The number of amides is 2. The van der Waals surface area contributed by atoms with Gasteiger partial charge in [-0.15, -0.1) is 11.3 Å². The summed E-state index contributed by atoms with van der Waals surface area (Å²) in [5.41, 5.74) is 1.92. The molecular formula is C19H18N4O2S. The number of aromatic nitrogens is 2. The number of nitrogens with zero attached hydrogens (tertiary/aromatic N) is 2. The van der Waals surface area contributed by atoms with Crippen molar-refractivity contribution < 1.29 is 9.59 Å². The fourth-order valence-corrected chi connectivity index (χ4v) is 3.17. The number of nitrogens with one attached hydrogen (secondary N) is 2. The van der Waals surface area contributed by atoms with E-state index in [1.807, 2.05) is 18.2 Å². The summed E-state index contributed by atoms with van der Waals surface area (Å²) >= 11 is 1.29. The van der Waals surface area contributed by atoms with Gasteiger partial charge in [0.1, 0.15) is 10.6 Å². The van der Waals surface area contributed by atoms with Gasteiger partial charge in [0.2, 0.25) is 0 Å². The minimum Gasteiger partial charge on any atom is -0.351 e. The molecule has 2 heterocycles. The maximum atomic E-state index is 12.4. The zero-order chi connectivity index (χ0) is 18.2. The molecule has 0 fully saturated rings. The highest BCUT2D eigenvalue weighted by Gasteiger charge is 2.16. The van der Waals surface area contributed by atoms with Gasteiger partial charge >= 0.3 is 0 Å². The fraction of sp³-hybridized carbons (Fsp3) is 0.158. The third-order valence-electron chi connectivity index (χ3n) is 3.69. The van der Waals surface area contributed by atoms with Crippen molar-refractivity contribution in [1.29, 1.82) is 0 Å². The minimum absolute atomic E-state index is 0.192. The fourth-order valence-electron chi connectivity index (χ4n) is 2.41. The maximum Gasteiger partial charge on any atom is 0.275 e. The van der Waals surface area contributed by atoms with Gasteiger partial charge in [-0.2, -0.15) is 0 Å². The summed E-state index contributed by atoms with van der Waals surface area (Å²) in [4.78, 5) is 32.8. The van der Waals surface area contributed by atoms with Crippen molar-refractivity contribution in [3.05, 3.63) is 76.5 Å². The molecule has 2 N–H and O–H groups in total. The molecule has 3 rings (SSSR count). The Kier molecular flexibility index (Phi) is 6.05. The van der Waals surface area contributed by atoms with Gasteiger partial charge in [-0.05, 0) is 29.9 Å². The molecule has 0 unspecified atom stereocenters. The van der Waals surface area contributed by atoms with Crippen LogP contribution in [-0.4, -0.2) is 28.3 Å². The number of carbonyl (C=O) groups is 2. The van der Waals surface area contributed by atoms with Crippen LogP contribution in [0.4, 0.5) is 5.69 Å². The molecular weight excluding hydrogens is 348 g/mol. The van der Waals surface area contributed by atoms with Crippen LogP contribution in [0.25, 0.3) is 0 Å². The Balaban J connectivity index is 1.52. The monoisotopic (exact) mass is 366 g/mol. The molecule has 0 atom stereocenters. The first-order valence-corrected chi connectivity index (χ1v) is 9.09. The Morgan fingerprint density at radius 1 is 1.04 bits per heavy atom. The SMILES string of the molecule is O=C(Nc1ccsc1C(=O)NCCCc1ccccc1)c1cnccn1. The van der Waals surface area contributed by atoms with Gasteiger partial charge in [-0.3, -0.25) is 14.6 Å². The minimum atomic E-state index is -0.394. The van der Waals surface area contributed by atoms with Crippen molar-refractivity contribution in [3.63, 3.8) is 0 Å². The molecule has 0 spiro atoms. The number of anilines is 1. The smallest absolute Gasteiger partial charge is 0.275 e. The van der Waals surface area contributed by atoms with Crippen molar-refractivity contribution >= 4 is 28.8 Å². The van der Waals surface area contributed by atoms with Crippen LogP contribution >= 0.6 is 11.3 Å². The number of benzene rings is 1. The van der Waals surface area contributed by atoms with E-state index in [4.69, 9.17) is 0 Å². The first-order valence-electron chi connectivity index (χ1n) is 8.21. The Hall–Kier alpha value is -3.06. The van der Waals surface area contributed by atoms with Crippen molar-refractivity contribution in [2.75, 3.05) is 11.9 Å². The quantitative estimate of drug-likeness (QED) is 0.629. The Bertz CT molecular complexity index is 866. The molecule has 0 aliphatic heterocycles. The summed E-state index contributed by atoms with van der Waals surface area (Å²) in [6.45, 7) is 0.573. The van der Waals surface area contributed by atoms with Crippen molar-refractivity contribution in [3.8, 4) is 0 Å². The topological polar surface area (TPSA) is 84.0 Å². The van der Waals surface area contributed by atoms with Gasteiger partial charge in [-0.1, -0.05) is 30.3 Å². The first-order chi connectivity index (χ1) is 12.7. The highest BCUT2D eigenvalue weighted by Crippen LogP contribution is 2.22. The van der Waals surface area contributed by atoms with Gasteiger partial charge in [-0.25, -0.2) is 4.98 Å². The van der Waals surface area contributed by atoms with E-state index in [-0.39, 0.29) is 11.6 Å². The average Bonchev–Trinajstić information content (AvgIpc) is 3.15. The summed E-state index contributed by atoms with van der Waals surface area (Å²) in [6, 6.07) is 11.8. The molecule has 2 aromatic heterocycles. The summed E-state index contributed by atoms with van der Waals surface area (Å²) in [5.74, 6) is -0.586. The molecule has 1 aromatic carbocycles. The summed E-state index contributed by atoms with van der Waals surface area (Å²) < 4.78 is 0. The lowest BCUT2D eigenvalue weighted by molar-refractivity contribution is 0.0958. The van der Waals surface area contributed by atoms with Crippen LogP contribution in [0.1, 0.15) is 32.1 Å². The molecule has 26 heavy (non-hydrogen) atoms. The number of aryl methyl sites for hydroxylation is 1. The van der Waals surface area contributed by atoms with Crippen LogP contribution in [0.5, 0.6) is 0 Å². The molecule has 0 saturated heterocycles. The van der Waals surface area contributed by atoms with E-state index in [1.165, 1.54) is 35.5 Å². The molecule has 0 aliphatic rings. The predicted octanol–water partition coefficient (Wildman–Crippen LogP) is 3.15. The Morgan fingerprint density at radius 2 is 1.88 bits per heavy atom. The van der Waals surface area contributed by atoms with Crippen LogP contribution < -0.4 is 10.6 Å². The summed E-state index contributed by atoms with van der Waals surface area (Å²) in [7, 11) is 0. The molecule has 0 saturated carbocycles. The standard InChI is InChI=1S/C19H18N4O2S/c24-18(16-13-20-10-11-21-16)23-15-8-12-26-17(15)19(25)22-9-4-7-14-5-2-1-3-6-14/h1-3,5-6,8,10-13H,4,7,9H2,(H,22,25)(H,23,24). The highest BCUT2D eigenvalue weighted by atomic mass is 32.1. The number of hydrogen-bond donors (Lipinski definition) is 2. The zero-order valence-corrected chi connectivity index (χ0v) is 14.8. The van der Waals surface area contributed by atoms with Gasteiger partial charge in [0, 0.05) is 18.9 Å². The van der Waals surface area contributed by atoms with Crippen molar-refractivity contribution in [2.45, 2.75) is 12.8 Å². The second kappa shape index (κ2) is 8.87. The van der Waals surface area contributed by atoms with E-state index in [0.717, 1.165) is 12.8 Å². The van der Waals surface area contributed by atoms with Crippen LogP contribution in [0.2, 0.25) is 0 Å². The van der Waals surface area contributed by atoms with Gasteiger partial charge in [0.15, 0.2) is 0 Å². The van der Waals surface area contributed by atoms with Crippen molar-refractivity contribution in [2.24, 2.45) is 0 Å². The average molecular weight is 366 g/mol. The molecule has 0 bridgehead atoms. The van der Waals surface area contributed by atoms with E-state index in [0.29, 0.717) is 17.1 Å². The Labute approximate surface area is 155 Å². The molecule has 0 radical (unpaired) electrons. The van der Waals surface area contributed by atoms with Crippen LogP contribution in [0.3, 0.4) is 0 Å². The van der Waals surface area contributed by atoms with E-state index in [1.54, 1.807) is 11.4 Å². The predicted molar refractivity (Wildman–Crippen MR) is 101 cm³/mol. The zero-order valence-electron chi connectivity index (χ0n) is 14.0. The lowest BCUT2D eigenvalue weighted by Gasteiger charge is -2.07. The van der Waals surface area contributed by atoms with E-state index < -0.39 is 5.91 Å². The maximum absolute atomic E-state index is 12.4. The molecule has 132 valence electrons. The lowest BCUT2D eigenvalue weighted by atomic mass is 10.1. The molecule has 0 aliphatic carbocycles. The van der Waals surface area contributed by atoms with Crippen LogP contribution in [-0.2, 0) is 6.42 Å². The van der Waals surface area contributed by atoms with E-state index in [9.17, 15) is 9.59 Å². The molecule has 6 nitrogen and oxygen atoms in total. The molecule has 7 heteroatoms. The third-order valence-corrected chi connectivity index (χ3v) is 4.60. The third kappa shape index (κ3) is 4.73. The number of rotatable bonds is 7. The molecule has 2 amide bonds. The van der Waals surface area contributed by atoms with Gasteiger partial charge in [0.05, 0.1) is 11.9 Å². The summed E-state index contributed by atoms with van der Waals surface area (Å²) in [5, 5.41) is 7.38. The number of thiophene rings is 1. The van der Waals surface area contributed by atoms with Gasteiger partial charge in [0.25, 0.3) is 11.8 Å². The second-order valence-corrected chi connectivity index (χ2v) is 6.47. The second-order valence-electron chi connectivity index (χ2n) is 5.55. The summed E-state index contributed by atoms with van der Waals surface area (Å²) in [6.07, 6.45) is 6.08. The molecule has 3 aromatic rings. The Morgan fingerprint density at radius 3 is 2.65 bits per heavy atom. The van der Waals surface area contributed by atoms with Gasteiger partial charge < -0.3 is 10.6 Å².